The predicted octanol–water partition coefficient (Wildman–Crippen LogP) is -0.926. The van der Waals surface area contributed by atoms with Gasteiger partial charge >= 0.3 is 23.9 Å². The van der Waals surface area contributed by atoms with Gasteiger partial charge in [-0.1, -0.05) is 0 Å². The van der Waals surface area contributed by atoms with Gasteiger partial charge in [0.1, 0.15) is 0 Å². The van der Waals surface area contributed by atoms with Crippen molar-refractivity contribution < 1.29 is 72.7 Å². The van der Waals surface area contributed by atoms with Crippen molar-refractivity contribution in [2.45, 2.75) is 0 Å². The number of hydrogen-bond acceptors (Lipinski definition) is 0. The van der Waals surface area contributed by atoms with E-state index in [9.17, 15) is 0 Å². The second-order valence-electron chi connectivity index (χ2n) is 0. The van der Waals surface area contributed by atoms with Crippen molar-refractivity contribution in [2.24, 2.45) is 0 Å². The average Bonchev–Trinajstić information content (AvgIpc) is 0. The minimum absolute atomic E-state index is 0. The predicted molar refractivity (Wildman–Crippen MR) is 8.54 cm³/mol. The molecule has 0 rings (SSSR count). The van der Waals surface area contributed by atoms with Gasteiger partial charge in [0, 0.05) is 72.7 Å². The van der Waals surface area contributed by atoms with Crippen LogP contribution in [0.2, 0.25) is 0 Å². The van der Waals surface area contributed by atoms with E-state index in [1.807, 2.05) is 0 Å². The molecular weight excluding hydrogens is 400 g/mol. The third kappa shape index (κ3) is 19.3. The molecule has 0 atom stereocenters. The molecule has 0 bridgehead atoms. The van der Waals surface area contributed by atoms with Gasteiger partial charge < -0.3 is 0 Å². The first kappa shape index (κ1) is 42.9. The van der Waals surface area contributed by atoms with E-state index in [2.05, 4.69) is 0 Å². The van der Waals surface area contributed by atoms with Gasteiger partial charge in [0.15, 0.2) is 0 Å². The Morgan fingerprint density at radius 1 is 1.00 bits per heavy atom. The van der Waals surface area contributed by atoms with Gasteiger partial charge in [0.25, 0.3) is 0 Å². The van der Waals surface area contributed by atoms with E-state index < -0.39 is 0 Å². The molecule has 0 N–H and O–H groups in total. The first-order valence-electron chi connectivity index (χ1n) is 0. The molecule has 0 fully saturated rings. The van der Waals surface area contributed by atoms with Crippen LogP contribution in [0.15, 0.2) is 0 Å². The van der Waals surface area contributed by atoms with Crippen molar-refractivity contribution in [3.8, 4) is 0 Å². The summed E-state index contributed by atoms with van der Waals surface area (Å²) in [4.78, 5) is 0. The van der Waals surface area contributed by atoms with E-state index in [0.29, 0.717) is 0 Å². The number of rotatable bonds is 0. The van der Waals surface area contributed by atoms with Gasteiger partial charge in [-0.25, -0.2) is 0 Å². The van der Waals surface area contributed by atoms with Gasteiger partial charge in [-0.05, 0) is 0 Å². The zero-order valence-corrected chi connectivity index (χ0v) is 10.7. The van der Waals surface area contributed by atoms with Crippen LogP contribution in [0.4, 0.5) is 0 Å². The molecule has 0 aromatic heterocycles. The Balaban J connectivity index is 0. The summed E-state index contributed by atoms with van der Waals surface area (Å²) in [5, 5.41) is 0. The van der Waals surface area contributed by atoms with Crippen LogP contribution in [0.5, 0.6) is 0 Å². The van der Waals surface area contributed by atoms with Crippen LogP contribution in [0.3, 0.4) is 0 Å². The SMILES string of the molecule is [Ag].[Co].[Fe].[Ni].[SnH2]. The molecule has 44 valence electrons. The summed E-state index contributed by atoms with van der Waals surface area (Å²) in [6.07, 6.45) is 0. The summed E-state index contributed by atoms with van der Waals surface area (Å²) in [6.45, 7) is 0. The maximum absolute atomic E-state index is 0. The van der Waals surface area contributed by atoms with Gasteiger partial charge in [-0.15, -0.1) is 0 Å². The summed E-state index contributed by atoms with van der Waals surface area (Å²) in [6, 6.07) is 0. The Hall–Kier alpha value is 3.06. The molecule has 0 amide bonds. The third-order valence-electron chi connectivity index (χ3n) is 0. The topological polar surface area (TPSA) is 0 Å². The second-order valence-corrected chi connectivity index (χ2v) is 0. The molecule has 4 radical (unpaired) electrons. The van der Waals surface area contributed by atoms with E-state index >= 15 is 0 Å². The molecule has 5 heteroatoms. The van der Waals surface area contributed by atoms with E-state index in [0.717, 1.165) is 0 Å². The van der Waals surface area contributed by atoms with Crippen LogP contribution in [0.1, 0.15) is 0 Å². The summed E-state index contributed by atoms with van der Waals surface area (Å²) < 4.78 is 0. The molecule has 0 aliphatic heterocycles. The van der Waals surface area contributed by atoms with E-state index in [4.69, 9.17) is 0 Å². The van der Waals surface area contributed by atoms with Crippen molar-refractivity contribution >= 4 is 23.9 Å². The molecule has 0 saturated heterocycles. The normalized spacial score (nSPS) is 0. The van der Waals surface area contributed by atoms with Gasteiger partial charge in [-0.2, -0.15) is 0 Å². The van der Waals surface area contributed by atoms with Crippen LogP contribution in [0, 0.1) is 0 Å². The Morgan fingerprint density at radius 3 is 1.00 bits per heavy atom. The van der Waals surface area contributed by atoms with E-state index in [1.54, 1.807) is 0 Å². The molecule has 0 aliphatic rings. The van der Waals surface area contributed by atoms with Crippen LogP contribution < -0.4 is 0 Å². The van der Waals surface area contributed by atoms with Crippen LogP contribution in [-0.4, -0.2) is 23.9 Å². The summed E-state index contributed by atoms with van der Waals surface area (Å²) >= 11 is 0. The Bertz CT molecular complexity index is 11.6. The molecule has 0 aromatic carbocycles. The zero-order valence-electron chi connectivity index (χ0n) is 2.01. The van der Waals surface area contributed by atoms with E-state index in [1.165, 1.54) is 0 Å². The molecule has 0 spiro atoms. The van der Waals surface area contributed by atoms with Crippen molar-refractivity contribution in [1.82, 2.24) is 0 Å². The first-order valence-corrected chi connectivity index (χ1v) is 0. The standard InChI is InChI=1S/Ag.Co.Fe.Ni.Sn.2H. The van der Waals surface area contributed by atoms with Crippen LogP contribution in [0.25, 0.3) is 0 Å². The summed E-state index contributed by atoms with van der Waals surface area (Å²) in [5.74, 6) is 0. The van der Waals surface area contributed by atoms with Crippen LogP contribution >= 0.6 is 0 Å². The van der Waals surface area contributed by atoms with E-state index in [-0.39, 0.29) is 96.6 Å². The van der Waals surface area contributed by atoms with Gasteiger partial charge in [-0.3, -0.25) is 0 Å². The first-order chi connectivity index (χ1) is 0. The Labute approximate surface area is 95.0 Å². The fourth-order valence-electron chi connectivity index (χ4n) is 0. The summed E-state index contributed by atoms with van der Waals surface area (Å²) in [5.41, 5.74) is 0. The molecule has 5 heavy (non-hydrogen) atoms. The van der Waals surface area contributed by atoms with Crippen molar-refractivity contribution in [1.29, 1.82) is 0 Å². The monoisotopic (exact) mass is 402 g/mol. The maximum atomic E-state index is 0. The van der Waals surface area contributed by atoms with Crippen molar-refractivity contribution in [2.75, 3.05) is 0 Å². The second kappa shape index (κ2) is 27.7. The molecule has 0 unspecified atom stereocenters. The third-order valence-corrected chi connectivity index (χ3v) is 0. The quantitative estimate of drug-likeness (QED) is 0.460. The fraction of sp³-hybridized carbons (Fsp3) is 0. The molecule has 0 nitrogen and oxygen atoms in total. The zero-order chi connectivity index (χ0) is 0. The molecule has 0 saturated carbocycles. The van der Waals surface area contributed by atoms with Crippen molar-refractivity contribution in [3.63, 3.8) is 0 Å². The molecule has 0 aliphatic carbocycles. The summed E-state index contributed by atoms with van der Waals surface area (Å²) in [7, 11) is 0. The minimum atomic E-state index is 0. The number of hydrogen-bond donors (Lipinski definition) is 0. The molecule has 0 heterocycles. The Morgan fingerprint density at radius 2 is 1.00 bits per heavy atom. The molecule has 0 aromatic rings. The van der Waals surface area contributed by atoms with Gasteiger partial charge in [0.05, 0.1) is 0 Å². The average molecular weight is 402 g/mol. The van der Waals surface area contributed by atoms with Gasteiger partial charge in [0.2, 0.25) is 0 Å². The fourth-order valence-corrected chi connectivity index (χ4v) is 0. The Kier molecular flexibility index (Phi) is 238. The molecular formula is H2AgCoFeNiSn. The van der Waals surface area contributed by atoms with Crippen molar-refractivity contribution in [3.05, 3.63) is 0 Å². The van der Waals surface area contributed by atoms with Crippen LogP contribution in [-0.2, 0) is 72.7 Å².